The summed E-state index contributed by atoms with van der Waals surface area (Å²) in [6.07, 6.45) is 4.59. The first-order valence-corrected chi connectivity index (χ1v) is 36.0. The lowest BCUT2D eigenvalue weighted by atomic mass is 9.91. The highest BCUT2D eigenvalue weighted by Gasteiger charge is 2.30. The summed E-state index contributed by atoms with van der Waals surface area (Å²) in [5.41, 5.74) is 16.7. The summed E-state index contributed by atoms with van der Waals surface area (Å²) in [5, 5.41) is 49.4. The van der Waals surface area contributed by atoms with Crippen molar-refractivity contribution < 1.29 is 70.3 Å². The molecule has 0 bridgehead atoms. The zero-order valence-electron chi connectivity index (χ0n) is 59.7. The molecule has 16 rings (SSSR count). The number of aryl methyl sites for hydroxylation is 12. The largest absolute Gasteiger partial charge is 0.508 e. The second-order valence-electron chi connectivity index (χ2n) is 26.6. The smallest absolute Gasteiger partial charge is 0.256 e. The summed E-state index contributed by atoms with van der Waals surface area (Å²) in [5.74, 6) is -12.0. The van der Waals surface area contributed by atoms with Crippen molar-refractivity contribution in [2.24, 2.45) is 0 Å². The van der Waals surface area contributed by atoms with Gasteiger partial charge in [0.15, 0.2) is 58.2 Å². The van der Waals surface area contributed by atoms with E-state index in [0.717, 1.165) is 132 Å². The number of aromatic hydroxyl groups is 4. The summed E-state index contributed by atoms with van der Waals surface area (Å²) in [6, 6.07) is 41.0. The summed E-state index contributed by atoms with van der Waals surface area (Å²) in [7, 11) is 0. The third kappa shape index (κ3) is 17.3. The van der Waals surface area contributed by atoms with Crippen molar-refractivity contribution in [1.82, 2.24) is 39.9 Å². The highest BCUT2D eigenvalue weighted by Crippen LogP contribution is 2.39. The highest BCUT2D eigenvalue weighted by atomic mass is 127. The Kier molecular flexibility index (Phi) is 22.6. The zero-order valence-corrected chi connectivity index (χ0v) is 61.8. The van der Waals surface area contributed by atoms with Crippen molar-refractivity contribution in [2.45, 2.75) is 98.3 Å². The minimum absolute atomic E-state index is 0.0230. The summed E-state index contributed by atoms with van der Waals surface area (Å²) >= 11 is 2.24. The first-order valence-electron chi connectivity index (χ1n) is 34.9. The predicted octanol–water partition coefficient (Wildman–Crippen LogP) is 15.4. The number of carbonyl (C=O) groups is 4. The quantitative estimate of drug-likeness (QED) is 0.0258. The van der Waals surface area contributed by atoms with Gasteiger partial charge in [-0.25, -0.2) is 70.6 Å². The first-order chi connectivity index (χ1) is 53.2. The second-order valence-corrected chi connectivity index (χ2v) is 27.8. The lowest BCUT2D eigenvalue weighted by molar-refractivity contribution is -0.116. The number of rotatable bonds is 11. The molecule has 4 aliphatic rings. The van der Waals surface area contributed by atoms with Crippen LogP contribution in [0.4, 0.5) is 54.0 Å². The van der Waals surface area contributed by atoms with E-state index in [-0.39, 0.29) is 53.0 Å². The van der Waals surface area contributed by atoms with Crippen molar-refractivity contribution in [3.05, 3.63) is 280 Å². The van der Waals surface area contributed by atoms with Crippen molar-refractivity contribution in [1.29, 1.82) is 0 Å². The van der Waals surface area contributed by atoms with Gasteiger partial charge < -0.3 is 41.7 Å². The Hall–Kier alpha value is -12.6. The van der Waals surface area contributed by atoms with Crippen molar-refractivity contribution in [2.75, 3.05) is 21.3 Å². The number of hydrogen-bond acceptors (Lipinski definition) is 16. The third-order valence-electron chi connectivity index (χ3n) is 18.8. The fourth-order valence-corrected chi connectivity index (χ4v) is 13.6. The van der Waals surface area contributed by atoms with Gasteiger partial charge in [0.25, 0.3) is 5.91 Å². The number of nitrogens with zero attached hydrogens (tertiary/aromatic N) is 8. The average Bonchev–Trinajstić information content (AvgIpc) is 0.742. The van der Waals surface area contributed by atoms with Crippen LogP contribution in [0.2, 0.25) is 0 Å². The first kappa shape index (κ1) is 76.6. The predicted molar refractivity (Wildman–Crippen MR) is 408 cm³/mol. The molecule has 111 heavy (non-hydrogen) atoms. The molecule has 8 N–H and O–H groups in total. The molecule has 8 aromatic carbocycles. The van der Waals surface area contributed by atoms with E-state index in [9.17, 15) is 70.3 Å². The van der Waals surface area contributed by atoms with Gasteiger partial charge in [-0.3, -0.25) is 19.2 Å². The van der Waals surface area contributed by atoms with Gasteiger partial charge >= 0.3 is 0 Å². The van der Waals surface area contributed by atoms with Gasteiger partial charge in [-0.15, -0.1) is 0 Å². The Morgan fingerprint density at radius 1 is 0.351 bits per heavy atom. The molecule has 0 radical (unpaired) electrons. The van der Waals surface area contributed by atoms with Gasteiger partial charge in [0.05, 0.1) is 87.6 Å². The Balaban J connectivity index is 0.000000130. The second kappa shape index (κ2) is 32.7. The number of carbonyl (C=O) groups excluding carboxylic acids is 4. The van der Waals surface area contributed by atoms with E-state index >= 15 is 0 Å². The lowest BCUT2D eigenvalue weighted by Crippen LogP contribution is -2.21. The van der Waals surface area contributed by atoms with E-state index in [1.807, 2.05) is 74.5 Å². The van der Waals surface area contributed by atoms with Gasteiger partial charge in [0, 0.05) is 37.0 Å². The van der Waals surface area contributed by atoms with E-state index in [4.69, 9.17) is 4.98 Å². The number of amides is 4. The van der Waals surface area contributed by atoms with Crippen LogP contribution in [0.25, 0.3) is 45.0 Å². The third-order valence-corrected chi connectivity index (χ3v) is 19.5. The maximum atomic E-state index is 13.8. The highest BCUT2D eigenvalue weighted by molar-refractivity contribution is 14.1. The number of aromatic nitrogens is 8. The minimum Gasteiger partial charge on any atom is -0.508 e. The van der Waals surface area contributed by atoms with E-state index in [0.29, 0.717) is 88.4 Å². The minimum atomic E-state index is -2.29. The maximum Gasteiger partial charge on any atom is 0.256 e. The molecule has 0 saturated carbocycles. The molecule has 12 aromatic rings. The number of phenolic OH excluding ortho intramolecular Hbond substituents is 4. The molecule has 562 valence electrons. The number of halogens is 8. The fraction of sp³-hybridized carbons (Fsp3) is 0.181. The number of anilines is 4. The SMILES string of the molecule is Cc1nc2c(nc1NC(=O)Cc1c(F)c(F)c(F)c(F)c1F)CCc1cc(O)ccc1-2.Cc1nc2c(nc1NC(=O)Cc1ccc(F)c(F)c1)CCc1cc(O)ccc1-2.Cc1nc2c(nc1NC(=O)Cc1ccc(I)cc1)CCc1cc(O)ccc1-2.Cc1nc2c(nc1NC(=O)c1ccccc1)CCc1cc(O)ccc1-2. The van der Waals surface area contributed by atoms with Crippen LogP contribution >= 0.6 is 22.6 Å². The molecule has 4 aromatic heterocycles. The van der Waals surface area contributed by atoms with Gasteiger partial charge in [-0.1, -0.05) is 36.4 Å². The number of nitrogens with one attached hydrogen (secondary N) is 4. The van der Waals surface area contributed by atoms with Crippen LogP contribution in [-0.2, 0) is 85.0 Å². The van der Waals surface area contributed by atoms with E-state index in [2.05, 4.69) is 78.7 Å². The molecule has 20 nitrogen and oxygen atoms in total. The van der Waals surface area contributed by atoms with Crippen LogP contribution in [0.1, 0.15) is 94.9 Å². The number of phenols is 4. The molecule has 0 spiro atoms. The van der Waals surface area contributed by atoms with Gasteiger partial charge in [-0.05, 0) is 244 Å². The Bertz CT molecular complexity index is 5720. The number of hydrogen-bond donors (Lipinski definition) is 8. The van der Waals surface area contributed by atoms with Crippen LogP contribution in [0, 0.1) is 72.0 Å². The molecule has 0 fully saturated rings. The van der Waals surface area contributed by atoms with Gasteiger partial charge in [0.2, 0.25) is 23.5 Å². The molecule has 4 aliphatic carbocycles. The van der Waals surface area contributed by atoms with E-state index < -0.39 is 58.6 Å². The normalized spacial score (nSPS) is 12.3. The monoisotopic (exact) mass is 1620 g/mol. The summed E-state index contributed by atoms with van der Waals surface area (Å²) < 4.78 is 95.0. The number of benzene rings is 8. The topological polar surface area (TPSA) is 300 Å². The molecular formula is C83H66F7IN12O8. The Labute approximate surface area is 643 Å². The maximum absolute atomic E-state index is 13.8. The molecule has 0 unspecified atom stereocenters. The van der Waals surface area contributed by atoms with E-state index in [1.165, 1.54) is 12.1 Å². The Morgan fingerprint density at radius 2 is 0.676 bits per heavy atom. The van der Waals surface area contributed by atoms with E-state index in [1.54, 1.807) is 74.5 Å². The van der Waals surface area contributed by atoms with Crippen LogP contribution < -0.4 is 21.3 Å². The average molecular weight is 1620 g/mol. The van der Waals surface area contributed by atoms with Crippen LogP contribution in [-0.4, -0.2) is 83.9 Å². The zero-order chi connectivity index (χ0) is 78.6. The van der Waals surface area contributed by atoms with Crippen molar-refractivity contribution >= 4 is 69.5 Å². The summed E-state index contributed by atoms with van der Waals surface area (Å²) in [6.45, 7) is 6.98. The van der Waals surface area contributed by atoms with Crippen LogP contribution in [0.3, 0.4) is 0 Å². The van der Waals surface area contributed by atoms with Crippen LogP contribution in [0.15, 0.2) is 146 Å². The van der Waals surface area contributed by atoms with Gasteiger partial charge in [-0.2, -0.15) is 0 Å². The molecule has 0 saturated heterocycles. The van der Waals surface area contributed by atoms with Crippen molar-refractivity contribution in [3.8, 4) is 68.0 Å². The Morgan fingerprint density at radius 3 is 1.04 bits per heavy atom. The molecule has 4 heterocycles. The number of fused-ring (bicyclic) bond motifs is 12. The van der Waals surface area contributed by atoms with Crippen molar-refractivity contribution in [3.63, 3.8) is 0 Å². The molecule has 4 amide bonds. The fourth-order valence-electron chi connectivity index (χ4n) is 13.2. The molecule has 0 aliphatic heterocycles. The standard InChI is InChI=1S/C21H14F5N3O2.C21H17F2N3O2.C21H18IN3O2.C20H17N3O2/c1-8-21(28-13-5-2-9-6-10(30)3-4-11(9)20(13)27-8)29-14(31)7-12-15(22)17(24)19(26)18(25)16(12)23;1-11-21(26-19(28)9-12-2-6-16(22)17(23)8-12)25-18-7-3-13-10-14(27)4-5-15(13)20(18)24-11;1-12-21(25-19(27)10-13-2-5-15(22)6-3-13)24-18-9-4-14-11-16(26)7-8-17(14)20(18)23-12;1-12-19(23-20(25)13-5-3-2-4-6-13)22-17-10-7-14-11-15(24)8-9-16(14)18(17)21-12/h3-4,6,30H,2,5,7H2,1H3,(H,28,29,31);2,4-6,8,10,27H,3,7,9H2,1H3,(H,25,26,28);2-3,5-8,11,26H,4,9-10H2,1H3,(H,24,25,27);2-6,8-9,11,24H,7,10H2,1H3,(H,22,23,25). The molecule has 0 atom stereocenters. The summed E-state index contributed by atoms with van der Waals surface area (Å²) in [4.78, 5) is 86.0. The lowest BCUT2D eigenvalue weighted by Gasteiger charge is -2.20. The van der Waals surface area contributed by atoms with Crippen LogP contribution in [0.5, 0.6) is 23.0 Å². The van der Waals surface area contributed by atoms with Gasteiger partial charge in [0.1, 0.15) is 23.0 Å². The molecular weight excluding hydrogens is 1550 g/mol. The molecule has 28 heteroatoms.